The maximum absolute atomic E-state index is 6.38. The van der Waals surface area contributed by atoms with E-state index in [4.69, 9.17) is 8.83 Å². The van der Waals surface area contributed by atoms with Gasteiger partial charge >= 0.3 is 0 Å². The van der Waals surface area contributed by atoms with Gasteiger partial charge in [0, 0.05) is 50.7 Å². The van der Waals surface area contributed by atoms with Crippen LogP contribution in [0.2, 0.25) is 0 Å². The lowest BCUT2D eigenvalue weighted by Crippen LogP contribution is -2.61. The van der Waals surface area contributed by atoms with Crippen LogP contribution < -0.4 is 26.2 Å². The average molecular weight is 600 g/mol. The van der Waals surface area contributed by atoms with Gasteiger partial charge in [0.1, 0.15) is 22.3 Å². The lowest BCUT2D eigenvalue weighted by Gasteiger charge is -2.44. The van der Waals surface area contributed by atoms with Crippen molar-refractivity contribution in [3.8, 4) is 0 Å². The molecule has 5 heteroatoms. The van der Waals surface area contributed by atoms with Gasteiger partial charge in [-0.15, -0.1) is 0 Å². The molecule has 0 unspecified atom stereocenters. The van der Waals surface area contributed by atoms with Gasteiger partial charge in [-0.25, -0.2) is 0 Å². The monoisotopic (exact) mass is 600 g/mol. The zero-order chi connectivity index (χ0) is 30.6. The lowest BCUT2D eigenvalue weighted by molar-refractivity contribution is 0.668. The molecule has 2 aliphatic heterocycles. The van der Waals surface area contributed by atoms with Crippen LogP contribution in [0, 0.1) is 0 Å². The third-order valence-corrected chi connectivity index (χ3v) is 10.0. The van der Waals surface area contributed by atoms with E-state index in [-0.39, 0.29) is 6.71 Å². The molecule has 0 aliphatic carbocycles. The molecule has 218 valence electrons. The second-order valence-electron chi connectivity index (χ2n) is 12.5. The first-order valence-corrected chi connectivity index (χ1v) is 16.1. The molecule has 0 fully saturated rings. The quantitative estimate of drug-likeness (QED) is 0.185. The summed E-state index contributed by atoms with van der Waals surface area (Å²) in [6.07, 6.45) is 0. The van der Waals surface area contributed by atoms with Crippen LogP contribution in [0.1, 0.15) is 0 Å². The van der Waals surface area contributed by atoms with Crippen molar-refractivity contribution in [3.63, 3.8) is 0 Å². The Labute approximate surface area is 270 Å². The standard InChI is InChI=1S/C42H25BN2O2/c1-7-20-37-27(11-1)28-24-23-26(25-40(28)47-37)44-32-15-5-3-13-30(32)43-31-14-4-6-16-33(31)45(36-19-9-18-35(44)42(36)43)34-17-10-22-39-41(34)29-12-2-8-21-38(29)46-39/h1-25H. The van der Waals surface area contributed by atoms with E-state index in [0.29, 0.717) is 0 Å². The maximum atomic E-state index is 6.38. The second kappa shape index (κ2) is 9.18. The van der Waals surface area contributed by atoms with Gasteiger partial charge in [-0.3, -0.25) is 0 Å². The summed E-state index contributed by atoms with van der Waals surface area (Å²) in [5.41, 5.74) is 14.4. The Morgan fingerprint density at radius 2 is 0.915 bits per heavy atom. The molecule has 0 bridgehead atoms. The van der Waals surface area contributed by atoms with E-state index in [1.54, 1.807) is 0 Å². The topological polar surface area (TPSA) is 32.8 Å². The minimum Gasteiger partial charge on any atom is -0.456 e. The van der Waals surface area contributed by atoms with Gasteiger partial charge < -0.3 is 18.6 Å². The molecule has 0 radical (unpaired) electrons. The van der Waals surface area contributed by atoms with Gasteiger partial charge in [0.2, 0.25) is 0 Å². The molecule has 7 aromatic carbocycles. The zero-order valence-electron chi connectivity index (χ0n) is 25.2. The Morgan fingerprint density at radius 1 is 0.383 bits per heavy atom. The molecule has 2 aromatic heterocycles. The molecular formula is C42H25BN2O2. The number of anilines is 6. The Morgan fingerprint density at radius 3 is 1.72 bits per heavy atom. The smallest absolute Gasteiger partial charge is 0.252 e. The number of fused-ring (bicyclic) bond motifs is 10. The highest BCUT2D eigenvalue weighted by Gasteiger charge is 2.43. The fraction of sp³-hybridized carbons (Fsp3) is 0. The van der Waals surface area contributed by atoms with Gasteiger partial charge in [0.25, 0.3) is 6.71 Å². The van der Waals surface area contributed by atoms with E-state index in [1.807, 2.05) is 18.2 Å². The third kappa shape index (κ3) is 3.32. The summed E-state index contributed by atoms with van der Waals surface area (Å²) < 4.78 is 12.8. The molecule has 0 N–H and O–H groups in total. The minimum absolute atomic E-state index is 0.0799. The highest BCUT2D eigenvalue weighted by molar-refractivity contribution is 7.00. The van der Waals surface area contributed by atoms with Crippen molar-refractivity contribution in [1.29, 1.82) is 0 Å². The Balaban J connectivity index is 1.21. The predicted molar refractivity (Wildman–Crippen MR) is 195 cm³/mol. The van der Waals surface area contributed by atoms with Crippen LogP contribution in [-0.2, 0) is 0 Å². The first-order chi connectivity index (χ1) is 23.3. The number of nitrogens with zero attached hydrogens (tertiary/aromatic N) is 2. The Kier molecular flexibility index (Phi) is 4.89. The van der Waals surface area contributed by atoms with E-state index >= 15 is 0 Å². The van der Waals surface area contributed by atoms with Crippen molar-refractivity contribution in [2.24, 2.45) is 0 Å². The highest BCUT2D eigenvalue weighted by atomic mass is 16.3. The fourth-order valence-electron chi connectivity index (χ4n) is 8.17. The second-order valence-corrected chi connectivity index (χ2v) is 12.5. The molecule has 0 amide bonds. The molecule has 11 rings (SSSR count). The number of rotatable bonds is 2. The van der Waals surface area contributed by atoms with Crippen molar-refractivity contribution in [2.75, 3.05) is 9.80 Å². The first kappa shape index (κ1) is 25.0. The summed E-state index contributed by atoms with van der Waals surface area (Å²) in [4.78, 5) is 4.86. The zero-order valence-corrected chi connectivity index (χ0v) is 25.2. The van der Waals surface area contributed by atoms with Gasteiger partial charge in [0.15, 0.2) is 0 Å². The van der Waals surface area contributed by atoms with Crippen LogP contribution in [0.4, 0.5) is 34.1 Å². The van der Waals surface area contributed by atoms with Crippen LogP contribution >= 0.6 is 0 Å². The van der Waals surface area contributed by atoms with Gasteiger partial charge in [-0.2, -0.15) is 0 Å². The van der Waals surface area contributed by atoms with E-state index in [1.165, 1.54) is 39.1 Å². The number of furan rings is 2. The molecular weight excluding hydrogens is 575 g/mol. The summed E-state index contributed by atoms with van der Waals surface area (Å²) in [5.74, 6) is 0. The summed E-state index contributed by atoms with van der Waals surface area (Å²) in [6, 6.07) is 54.1. The fourth-order valence-corrected chi connectivity index (χ4v) is 8.17. The minimum atomic E-state index is 0.0799. The molecule has 0 atom stereocenters. The molecule has 4 heterocycles. The van der Waals surface area contributed by atoms with Crippen LogP contribution in [0.25, 0.3) is 43.9 Å². The summed E-state index contributed by atoms with van der Waals surface area (Å²) in [6.45, 7) is 0.0799. The number of hydrogen-bond acceptors (Lipinski definition) is 4. The predicted octanol–water partition coefficient (Wildman–Crippen LogP) is 9.57. The van der Waals surface area contributed by atoms with E-state index in [2.05, 4.69) is 143 Å². The number of hydrogen-bond donors (Lipinski definition) is 0. The number of para-hydroxylation sites is 4. The lowest BCUT2D eigenvalue weighted by atomic mass is 9.33. The van der Waals surface area contributed by atoms with Crippen molar-refractivity contribution in [2.45, 2.75) is 0 Å². The molecule has 0 spiro atoms. The van der Waals surface area contributed by atoms with Gasteiger partial charge in [-0.05, 0) is 77.1 Å². The maximum Gasteiger partial charge on any atom is 0.252 e. The molecule has 2 aliphatic rings. The van der Waals surface area contributed by atoms with Crippen LogP contribution in [-0.4, -0.2) is 6.71 Å². The van der Waals surface area contributed by atoms with Crippen molar-refractivity contribution in [1.82, 2.24) is 0 Å². The number of benzene rings is 7. The van der Waals surface area contributed by atoms with Crippen LogP contribution in [0.15, 0.2) is 160 Å². The van der Waals surface area contributed by atoms with Crippen LogP contribution in [0.3, 0.4) is 0 Å². The Hall–Kier alpha value is -6.20. The highest BCUT2D eigenvalue weighted by Crippen LogP contribution is 2.47. The largest absolute Gasteiger partial charge is 0.456 e. The molecule has 47 heavy (non-hydrogen) atoms. The SMILES string of the molecule is c1ccc2c(c1)B1c3ccccc3N(c3cccc4oc5ccccc5c34)c3cccc(c31)N2c1ccc2c(c1)oc1ccccc12. The van der Waals surface area contributed by atoms with E-state index < -0.39 is 0 Å². The summed E-state index contributed by atoms with van der Waals surface area (Å²) in [5, 5.41) is 4.51. The van der Waals surface area contributed by atoms with Crippen molar-refractivity contribution >= 4 is 101 Å². The van der Waals surface area contributed by atoms with E-state index in [0.717, 1.165) is 55.3 Å². The van der Waals surface area contributed by atoms with Crippen molar-refractivity contribution < 1.29 is 8.83 Å². The van der Waals surface area contributed by atoms with Gasteiger partial charge in [0.05, 0.1) is 11.1 Å². The molecule has 4 nitrogen and oxygen atoms in total. The van der Waals surface area contributed by atoms with E-state index in [9.17, 15) is 0 Å². The molecule has 0 saturated heterocycles. The molecule has 0 saturated carbocycles. The van der Waals surface area contributed by atoms with Gasteiger partial charge in [-0.1, -0.05) is 84.9 Å². The normalized spacial score (nSPS) is 13.4. The first-order valence-electron chi connectivity index (χ1n) is 16.1. The molecule has 9 aromatic rings. The van der Waals surface area contributed by atoms with Crippen molar-refractivity contribution in [3.05, 3.63) is 152 Å². The Bertz CT molecular complexity index is 2740. The summed E-state index contributed by atoms with van der Waals surface area (Å²) in [7, 11) is 0. The third-order valence-electron chi connectivity index (χ3n) is 10.0. The van der Waals surface area contributed by atoms with Crippen LogP contribution in [0.5, 0.6) is 0 Å². The summed E-state index contributed by atoms with van der Waals surface area (Å²) >= 11 is 0. The average Bonchev–Trinajstić information content (AvgIpc) is 3.70.